The Morgan fingerprint density at radius 2 is 2.23 bits per heavy atom. The second-order valence-electron chi connectivity index (χ2n) is 7.03. The molecule has 1 N–H and O–H groups in total. The van der Waals surface area contributed by atoms with Gasteiger partial charge in [0.1, 0.15) is 0 Å². The number of likely N-dealkylation sites (tertiary alicyclic amines) is 1. The van der Waals surface area contributed by atoms with Gasteiger partial charge in [0.25, 0.3) is 5.91 Å². The average molecular weight is 371 g/mol. The third-order valence-corrected chi connectivity index (χ3v) is 5.87. The molecule has 1 fully saturated rings. The number of amides is 1. The first-order chi connectivity index (χ1) is 12.5. The van der Waals surface area contributed by atoms with Crippen molar-refractivity contribution in [2.24, 2.45) is 0 Å². The van der Waals surface area contributed by atoms with E-state index in [-0.39, 0.29) is 17.5 Å². The van der Waals surface area contributed by atoms with Crippen molar-refractivity contribution >= 4 is 22.9 Å². The summed E-state index contributed by atoms with van der Waals surface area (Å²) in [5.41, 5.74) is 1.80. The van der Waals surface area contributed by atoms with E-state index in [4.69, 9.17) is 4.98 Å². The number of H-pyrrole nitrogens is 1. The molecule has 8 heteroatoms. The Bertz CT molecular complexity index is 1000. The number of rotatable bonds is 3. The lowest BCUT2D eigenvalue weighted by Gasteiger charge is -2.32. The number of nitrogens with one attached hydrogen (secondary N) is 1. The van der Waals surface area contributed by atoms with Crippen molar-refractivity contribution in [3.63, 3.8) is 0 Å². The van der Waals surface area contributed by atoms with Gasteiger partial charge < -0.3 is 4.90 Å². The number of carbonyl (C=O) groups is 1. The first kappa shape index (κ1) is 17.0. The van der Waals surface area contributed by atoms with Crippen LogP contribution < -0.4 is 5.69 Å². The van der Waals surface area contributed by atoms with E-state index < -0.39 is 0 Å². The highest BCUT2D eigenvalue weighted by Crippen LogP contribution is 2.31. The Kier molecular flexibility index (Phi) is 4.36. The third kappa shape index (κ3) is 3.05. The average Bonchev–Trinajstić information content (AvgIpc) is 3.29. The number of aromatic nitrogens is 4. The molecule has 1 amide bonds. The molecule has 0 radical (unpaired) electrons. The molecule has 4 rings (SSSR count). The van der Waals surface area contributed by atoms with Crippen LogP contribution in [-0.4, -0.2) is 43.5 Å². The smallest absolute Gasteiger partial charge is 0.338 e. The molecule has 3 aromatic heterocycles. The zero-order valence-corrected chi connectivity index (χ0v) is 15.6. The van der Waals surface area contributed by atoms with E-state index in [0.29, 0.717) is 23.7 Å². The van der Waals surface area contributed by atoms with Gasteiger partial charge >= 0.3 is 5.69 Å². The Morgan fingerprint density at radius 3 is 3.00 bits per heavy atom. The van der Waals surface area contributed by atoms with Gasteiger partial charge in [-0.25, -0.2) is 19.3 Å². The van der Waals surface area contributed by atoms with Crippen LogP contribution in [0.25, 0.3) is 5.65 Å². The normalized spacial score (nSPS) is 18.0. The highest BCUT2D eigenvalue weighted by atomic mass is 32.1. The Balaban J connectivity index is 1.55. The van der Waals surface area contributed by atoms with Gasteiger partial charge in [0.2, 0.25) is 0 Å². The molecular formula is C18H21N5O2S. The van der Waals surface area contributed by atoms with E-state index in [9.17, 15) is 9.59 Å². The quantitative estimate of drug-likeness (QED) is 0.767. The SMILES string of the molecule is CC(C)c1csc([C@@H]2CCCN(C(=O)c3ccc4n[nH]c(=O)n4c3)C2)n1. The molecule has 0 saturated carbocycles. The second kappa shape index (κ2) is 6.68. The predicted octanol–water partition coefficient (Wildman–Crippen LogP) is 2.62. The molecule has 3 aromatic rings. The van der Waals surface area contributed by atoms with Gasteiger partial charge in [-0.3, -0.25) is 4.79 Å². The van der Waals surface area contributed by atoms with Gasteiger partial charge in [0.05, 0.1) is 16.3 Å². The van der Waals surface area contributed by atoms with Crippen LogP contribution in [0.15, 0.2) is 28.5 Å². The molecule has 1 saturated heterocycles. The van der Waals surface area contributed by atoms with E-state index in [1.807, 2.05) is 4.90 Å². The van der Waals surface area contributed by atoms with Gasteiger partial charge in [-0.15, -0.1) is 11.3 Å². The van der Waals surface area contributed by atoms with Crippen molar-refractivity contribution in [1.29, 1.82) is 0 Å². The van der Waals surface area contributed by atoms with Crippen LogP contribution in [0.5, 0.6) is 0 Å². The van der Waals surface area contributed by atoms with E-state index in [1.165, 1.54) is 4.40 Å². The summed E-state index contributed by atoms with van der Waals surface area (Å²) < 4.78 is 1.37. The lowest BCUT2D eigenvalue weighted by Crippen LogP contribution is -2.39. The summed E-state index contributed by atoms with van der Waals surface area (Å²) in [6, 6.07) is 3.41. The number of piperidine rings is 1. The number of pyridine rings is 1. The monoisotopic (exact) mass is 371 g/mol. The maximum absolute atomic E-state index is 12.9. The van der Waals surface area contributed by atoms with Crippen LogP contribution in [0.2, 0.25) is 0 Å². The number of thiazole rings is 1. The van der Waals surface area contributed by atoms with Gasteiger partial charge in [-0.05, 0) is 30.9 Å². The third-order valence-electron chi connectivity index (χ3n) is 4.85. The molecule has 0 unspecified atom stereocenters. The molecule has 1 aliphatic heterocycles. The van der Waals surface area contributed by atoms with Crippen molar-refractivity contribution in [1.82, 2.24) is 24.5 Å². The van der Waals surface area contributed by atoms with Gasteiger partial charge in [-0.2, -0.15) is 5.10 Å². The molecule has 1 atom stereocenters. The number of hydrogen-bond donors (Lipinski definition) is 1. The van der Waals surface area contributed by atoms with E-state index >= 15 is 0 Å². The summed E-state index contributed by atoms with van der Waals surface area (Å²) >= 11 is 1.69. The molecule has 7 nitrogen and oxygen atoms in total. The first-order valence-electron chi connectivity index (χ1n) is 8.84. The van der Waals surface area contributed by atoms with Crippen LogP contribution in [0.4, 0.5) is 0 Å². The Labute approximate surface area is 154 Å². The largest absolute Gasteiger partial charge is 0.347 e. The Hall–Kier alpha value is -2.48. The van der Waals surface area contributed by atoms with Crippen molar-refractivity contribution in [2.45, 2.75) is 38.5 Å². The maximum atomic E-state index is 12.9. The fourth-order valence-electron chi connectivity index (χ4n) is 3.33. The van der Waals surface area contributed by atoms with Crippen molar-refractivity contribution in [3.8, 4) is 0 Å². The lowest BCUT2D eigenvalue weighted by atomic mass is 9.98. The predicted molar refractivity (Wildman–Crippen MR) is 99.9 cm³/mol. The summed E-state index contributed by atoms with van der Waals surface area (Å²) in [6.45, 7) is 5.69. The van der Waals surface area contributed by atoms with E-state index in [1.54, 1.807) is 29.7 Å². The first-order valence-corrected chi connectivity index (χ1v) is 9.72. The minimum atomic E-state index is -0.338. The molecule has 26 heavy (non-hydrogen) atoms. The topological polar surface area (TPSA) is 83.4 Å². The van der Waals surface area contributed by atoms with Crippen LogP contribution in [0.1, 0.15) is 59.6 Å². The standard InChI is InChI=1S/C18H21N5O2S/c1-11(2)14-10-26-16(19-14)12-4-3-7-22(8-12)17(24)13-5-6-15-20-21-18(25)23(15)9-13/h5-6,9-12H,3-4,7-8H2,1-2H3,(H,21,25)/t12-/m1/s1. The summed E-state index contributed by atoms with van der Waals surface area (Å²) in [6.07, 6.45) is 3.57. The second-order valence-corrected chi connectivity index (χ2v) is 7.92. The minimum Gasteiger partial charge on any atom is -0.338 e. The molecule has 4 heterocycles. The van der Waals surface area contributed by atoms with Crippen molar-refractivity contribution < 1.29 is 4.79 Å². The van der Waals surface area contributed by atoms with E-state index in [0.717, 1.165) is 30.1 Å². The summed E-state index contributed by atoms with van der Waals surface area (Å²) in [4.78, 5) is 31.3. The van der Waals surface area contributed by atoms with Crippen molar-refractivity contribution in [3.05, 3.63) is 50.5 Å². The van der Waals surface area contributed by atoms with Crippen LogP contribution >= 0.6 is 11.3 Å². The van der Waals surface area contributed by atoms with Gasteiger partial charge in [-0.1, -0.05) is 13.8 Å². The summed E-state index contributed by atoms with van der Waals surface area (Å²) in [5, 5.41) is 9.52. The highest BCUT2D eigenvalue weighted by Gasteiger charge is 2.27. The van der Waals surface area contributed by atoms with Crippen molar-refractivity contribution in [2.75, 3.05) is 13.1 Å². The molecular weight excluding hydrogens is 350 g/mol. The maximum Gasteiger partial charge on any atom is 0.347 e. The van der Waals surface area contributed by atoms with Crippen LogP contribution in [-0.2, 0) is 0 Å². The minimum absolute atomic E-state index is 0.0506. The highest BCUT2D eigenvalue weighted by molar-refractivity contribution is 7.09. The molecule has 0 bridgehead atoms. The zero-order chi connectivity index (χ0) is 18.3. The van der Waals surface area contributed by atoms with E-state index in [2.05, 4.69) is 29.4 Å². The fraction of sp³-hybridized carbons (Fsp3) is 0.444. The zero-order valence-electron chi connectivity index (χ0n) is 14.8. The molecule has 0 spiro atoms. The summed E-state index contributed by atoms with van der Waals surface area (Å²) in [7, 11) is 0. The number of nitrogens with zero attached hydrogens (tertiary/aromatic N) is 4. The number of hydrogen-bond acceptors (Lipinski definition) is 5. The number of fused-ring (bicyclic) bond motifs is 1. The Morgan fingerprint density at radius 1 is 1.38 bits per heavy atom. The number of carbonyl (C=O) groups excluding carboxylic acids is 1. The number of aromatic amines is 1. The molecule has 0 aromatic carbocycles. The lowest BCUT2D eigenvalue weighted by molar-refractivity contribution is 0.0706. The fourth-order valence-corrected chi connectivity index (χ4v) is 4.44. The summed E-state index contributed by atoms with van der Waals surface area (Å²) in [5.74, 6) is 0.650. The van der Waals surface area contributed by atoms with Crippen LogP contribution in [0, 0.1) is 0 Å². The van der Waals surface area contributed by atoms with Gasteiger partial charge in [0, 0.05) is 30.6 Å². The van der Waals surface area contributed by atoms with Crippen LogP contribution in [0.3, 0.4) is 0 Å². The van der Waals surface area contributed by atoms with Gasteiger partial charge in [0.15, 0.2) is 5.65 Å². The molecule has 1 aliphatic rings. The molecule has 0 aliphatic carbocycles. The molecule has 136 valence electrons.